The van der Waals surface area contributed by atoms with E-state index in [-0.39, 0.29) is 127 Å². The maximum atomic E-state index is 16.1. The van der Waals surface area contributed by atoms with Gasteiger partial charge in [-0.2, -0.15) is 0 Å². The summed E-state index contributed by atoms with van der Waals surface area (Å²) in [7, 11) is 1.15. The number of aromatic hydroxyl groups is 5. The zero-order valence-corrected chi connectivity index (χ0v) is 55.2. The summed E-state index contributed by atoms with van der Waals surface area (Å²) in [5, 5.41) is 89.7. The summed E-state index contributed by atoms with van der Waals surface area (Å²) < 4.78 is 35.7. The third-order valence-electron chi connectivity index (χ3n) is 16.2. The molecule has 0 saturated heterocycles. The molecule has 6 aliphatic rings. The largest absolute Gasteiger partial charge is 0.508 e. The van der Waals surface area contributed by atoms with Crippen molar-refractivity contribution in [3.05, 3.63) is 164 Å². The molecule has 13 rings (SSSR count). The van der Waals surface area contributed by atoms with Crippen LogP contribution in [0.25, 0.3) is 11.1 Å². The van der Waals surface area contributed by atoms with Crippen LogP contribution in [-0.2, 0) is 59.0 Å². The number of carbonyl (C=O) groups is 9. The molecule has 520 valence electrons. The Morgan fingerprint density at radius 1 is 0.590 bits per heavy atom. The van der Waals surface area contributed by atoms with Gasteiger partial charge in [-0.3, -0.25) is 38.4 Å². The molecule has 0 fully saturated rings. The van der Waals surface area contributed by atoms with E-state index in [4.69, 9.17) is 52.6 Å². The summed E-state index contributed by atoms with van der Waals surface area (Å²) in [6.07, 6.45) is -2.51. The number of carbonyl (C=O) groups excluding carboxylic acids is 9. The Morgan fingerprint density at radius 2 is 1.21 bits per heavy atom. The molecule has 0 aliphatic carbocycles. The minimum atomic E-state index is -2.20. The van der Waals surface area contributed by atoms with Crippen LogP contribution in [0.15, 0.2) is 115 Å². The predicted molar refractivity (Wildman–Crippen MR) is 354 cm³/mol. The fourth-order valence-corrected chi connectivity index (χ4v) is 11.9. The number of fused-ring (bicyclic) bond motifs is 14. The number of phenols is 5. The van der Waals surface area contributed by atoms with Gasteiger partial charge in [-0.25, -0.2) is 4.79 Å². The molecule has 16 N–H and O–H groups in total. The minimum Gasteiger partial charge on any atom is -0.508 e. The summed E-state index contributed by atoms with van der Waals surface area (Å²) >= 11 is 17.3. The molecule has 0 radical (unpaired) electrons. The van der Waals surface area contributed by atoms with Crippen molar-refractivity contribution in [3.8, 4) is 80.1 Å². The van der Waals surface area contributed by atoms with Crippen LogP contribution in [0.4, 0.5) is 0 Å². The molecule has 0 aromatic heterocycles. The van der Waals surface area contributed by atoms with Crippen molar-refractivity contribution in [2.45, 2.75) is 54.8 Å². The van der Waals surface area contributed by atoms with E-state index in [9.17, 15) is 49.8 Å². The van der Waals surface area contributed by atoms with E-state index in [2.05, 4.69) is 63.2 Å². The lowest BCUT2D eigenvalue weighted by molar-refractivity contribution is -0.148. The van der Waals surface area contributed by atoms with Crippen molar-refractivity contribution in [2.24, 2.45) is 5.73 Å². The molecule has 7 aromatic rings. The number of nitrogens with two attached hydrogens (primary N) is 1. The van der Waals surface area contributed by atoms with Crippen LogP contribution in [0.5, 0.6) is 69.0 Å². The highest BCUT2D eigenvalue weighted by atomic mass is 79.9. The van der Waals surface area contributed by atoms with Gasteiger partial charge in [0.2, 0.25) is 47.1 Å². The minimum absolute atomic E-state index is 0.0959. The van der Waals surface area contributed by atoms with Gasteiger partial charge in [0.1, 0.15) is 102 Å². The first kappa shape index (κ1) is 70.2. The van der Waals surface area contributed by atoms with Gasteiger partial charge in [0, 0.05) is 47.1 Å². The first-order chi connectivity index (χ1) is 47.8. The number of alkyl halides is 1. The van der Waals surface area contributed by atoms with Gasteiger partial charge in [0.25, 0.3) is 0 Å². The molecule has 7 aromatic carbocycles. The fourth-order valence-electron chi connectivity index (χ4n) is 11.3. The molecule has 30 nitrogen and oxygen atoms in total. The number of esters is 2. The third-order valence-corrected chi connectivity index (χ3v) is 17.1. The molecule has 6 aliphatic heterocycles. The van der Waals surface area contributed by atoms with E-state index >= 15 is 24.0 Å². The first-order valence-electron chi connectivity index (χ1n) is 30.4. The van der Waals surface area contributed by atoms with E-state index < -0.39 is 143 Å². The predicted octanol–water partition coefficient (Wildman–Crippen LogP) is 4.39. The quantitative estimate of drug-likeness (QED) is 0.0485. The van der Waals surface area contributed by atoms with Crippen molar-refractivity contribution >= 4 is 92.4 Å². The smallest absolute Gasteiger partial charge is 0.333 e. The number of rotatable bonds is 11. The van der Waals surface area contributed by atoms with Crippen LogP contribution in [0, 0.1) is 0 Å². The number of phenolic OH excluding ortho intramolecular Hbond substituents is 5. The van der Waals surface area contributed by atoms with E-state index in [0.717, 1.165) is 55.6 Å². The third kappa shape index (κ3) is 15.4. The Balaban J connectivity index is 1.14. The first-order valence-corrected chi connectivity index (χ1v) is 32.2. The topological polar surface area (TPSA) is 453 Å². The van der Waals surface area contributed by atoms with E-state index in [1.807, 2.05) is 0 Å². The molecule has 7 amide bonds. The molecular formula is C67H60BrCl2N9O21. The number of aliphatic hydroxyl groups excluding tert-OH is 1. The van der Waals surface area contributed by atoms with Gasteiger partial charge < -0.3 is 107 Å². The maximum absolute atomic E-state index is 16.1. The van der Waals surface area contributed by atoms with Gasteiger partial charge >= 0.3 is 11.9 Å². The molecular weight excluding hydrogens is 1420 g/mol. The second-order valence-electron chi connectivity index (χ2n) is 23.0. The van der Waals surface area contributed by atoms with Crippen molar-refractivity contribution in [2.75, 3.05) is 45.3 Å². The molecule has 33 heteroatoms. The van der Waals surface area contributed by atoms with Gasteiger partial charge in [-0.1, -0.05) is 63.4 Å². The highest BCUT2D eigenvalue weighted by molar-refractivity contribution is 9.09. The standard InChI is InChI=1S/C67H60BrCl2N9O21/c1-95-51(86)27-73-50(85)26-72-11-13-96-60-48-21-33-22-49(60)100-46-9-5-31(19-40(46)70)59(87)58-66(93)78-57(67(94)97-12-10-68)38-24-35(81)25-44(84)52(38)37-18-30(4-6-42(37)82)54(63(90)79-58)76-65(92)56(33)77-64(91)55-32-16-34(80)23-36(17-32)98-47-20-29(3-7-43(47)83)53(71)62(89)74-41(61(88)75-55)15-28-2-8-45(99-48)39(69)14-28/h2-9,14,16-25,41,53-59,72,80-84,87H,10-13,15,26-27,71H2,1H3,(H,73,85)(H,74,89)(H,75,88)(H,76,92)(H,77,91)(H,78,93)(H,79,90)/t41-,53-,54-,55+,56-,57-,58+,59-/m1/s1. The number of ether oxygens (including phenoxy) is 6. The molecule has 6 heterocycles. The second kappa shape index (κ2) is 29.9. The van der Waals surface area contributed by atoms with Crippen LogP contribution in [-0.4, -0.2) is 141 Å². The number of methoxy groups -OCH3 is 1. The van der Waals surface area contributed by atoms with Crippen LogP contribution in [0.3, 0.4) is 0 Å². The number of benzene rings is 7. The number of nitrogens with one attached hydrogen (secondary N) is 8. The lowest BCUT2D eigenvalue weighted by Gasteiger charge is -2.31. The van der Waals surface area contributed by atoms with Gasteiger partial charge in [0.15, 0.2) is 29.0 Å². The lowest BCUT2D eigenvalue weighted by Crippen LogP contribution is -2.55. The Bertz CT molecular complexity index is 4490. The molecule has 100 heavy (non-hydrogen) atoms. The Morgan fingerprint density at radius 3 is 1.90 bits per heavy atom. The fraction of sp³-hybridized carbons (Fsp3) is 0.239. The van der Waals surface area contributed by atoms with Crippen LogP contribution < -0.4 is 67.2 Å². The molecule has 0 spiro atoms. The average Bonchev–Trinajstić information content (AvgIpc) is 0.767. The maximum Gasteiger partial charge on any atom is 0.333 e. The van der Waals surface area contributed by atoms with E-state index in [1.54, 1.807) is 0 Å². The Hall–Kier alpha value is -11.1. The van der Waals surface area contributed by atoms with Crippen molar-refractivity contribution in [1.82, 2.24) is 42.5 Å². The van der Waals surface area contributed by atoms with E-state index in [1.165, 1.54) is 66.7 Å². The summed E-state index contributed by atoms with van der Waals surface area (Å²) in [5.74, 6) is -14.7. The number of halogens is 3. The zero-order chi connectivity index (χ0) is 71.4. The molecule has 0 saturated carbocycles. The number of aliphatic hydroxyl groups is 1. The van der Waals surface area contributed by atoms with Crippen molar-refractivity contribution < 1.29 is 102 Å². The summed E-state index contributed by atoms with van der Waals surface area (Å²) in [4.78, 5) is 131. The van der Waals surface area contributed by atoms with E-state index in [0.29, 0.717) is 5.56 Å². The number of hydrogen-bond acceptors (Lipinski definition) is 23. The van der Waals surface area contributed by atoms with Gasteiger partial charge in [-0.05, 0) is 112 Å². The van der Waals surface area contributed by atoms with Crippen LogP contribution in [0.1, 0.15) is 75.3 Å². The van der Waals surface area contributed by atoms with Crippen LogP contribution >= 0.6 is 39.1 Å². The normalized spacial score (nSPS) is 20.3. The highest BCUT2D eigenvalue weighted by Crippen LogP contribution is 2.49. The molecule has 17 bridgehead atoms. The Labute approximate surface area is 584 Å². The highest BCUT2D eigenvalue weighted by Gasteiger charge is 2.42. The molecule has 8 atom stereocenters. The van der Waals surface area contributed by atoms with Crippen molar-refractivity contribution in [3.63, 3.8) is 0 Å². The SMILES string of the molecule is COC(=O)CNC(=O)CNCCOc1c2cc3cc1Oc1ccc(cc1Cl)[C@@H](O)[C@@H]1NC(=O)[C@H](NC(=O)[C@@H]3NC(=O)[C@H]3NC(=O)[C@@H](Cc4ccc(c(Cl)c4)O2)NC(=O)[C@H](N)c2ccc(O)c(c2)Oc2cc(O)cc3c2)c2ccc(O)c(c2)-c2c(O)cc(O)cc2[C@H](C(=O)OCCBr)NC1=O. The van der Waals surface area contributed by atoms with Crippen LogP contribution in [0.2, 0.25) is 10.0 Å². The zero-order valence-electron chi connectivity index (χ0n) is 52.1. The van der Waals surface area contributed by atoms with Gasteiger partial charge in [0.05, 0.1) is 23.7 Å². The van der Waals surface area contributed by atoms with Gasteiger partial charge in [-0.15, -0.1) is 0 Å². The lowest BCUT2D eigenvalue weighted by atomic mass is 9.89. The monoisotopic (exact) mass is 1480 g/mol. The van der Waals surface area contributed by atoms with Crippen molar-refractivity contribution in [1.29, 1.82) is 0 Å². The summed E-state index contributed by atoms with van der Waals surface area (Å²) in [6.45, 7) is -1.47. The average molecular weight is 1480 g/mol. The summed E-state index contributed by atoms with van der Waals surface area (Å²) in [5.41, 5.74) is 4.74. The Kier molecular flexibility index (Phi) is 21.0. The second-order valence-corrected chi connectivity index (χ2v) is 24.6. The molecule has 0 unspecified atom stereocenters. The number of amides is 7. The number of hydrogen-bond donors (Lipinski definition) is 15. The summed E-state index contributed by atoms with van der Waals surface area (Å²) in [6, 6.07) is 8.94.